The highest BCUT2D eigenvalue weighted by Crippen LogP contribution is 1.96. The zero-order valence-corrected chi connectivity index (χ0v) is 8.27. The van der Waals surface area contributed by atoms with E-state index < -0.39 is 0 Å². The fourth-order valence-corrected chi connectivity index (χ4v) is 0.667. The van der Waals surface area contributed by atoms with Crippen LogP contribution < -0.4 is 5.32 Å². The van der Waals surface area contributed by atoms with Crippen molar-refractivity contribution >= 4 is 5.91 Å². The minimum Gasteiger partial charge on any atom is -0.353 e. The standard InChI is InChI=1S/C10H17NO/c1-5-11-10(12)9(4)7-6-8(2)3/h6-7H,5H2,1-4H3,(H,11,12). The highest BCUT2D eigenvalue weighted by Gasteiger charge is 1.98. The van der Waals surface area contributed by atoms with E-state index in [0.717, 1.165) is 5.57 Å². The van der Waals surface area contributed by atoms with Crippen LogP contribution in [0.15, 0.2) is 23.3 Å². The van der Waals surface area contributed by atoms with E-state index in [1.165, 1.54) is 5.57 Å². The van der Waals surface area contributed by atoms with Crippen molar-refractivity contribution in [1.29, 1.82) is 0 Å². The highest BCUT2D eigenvalue weighted by molar-refractivity contribution is 5.92. The van der Waals surface area contributed by atoms with E-state index in [-0.39, 0.29) is 5.91 Å². The zero-order chi connectivity index (χ0) is 9.56. The van der Waals surface area contributed by atoms with E-state index in [0.29, 0.717) is 6.54 Å². The van der Waals surface area contributed by atoms with Crippen LogP contribution in [-0.4, -0.2) is 12.5 Å². The fourth-order valence-electron chi connectivity index (χ4n) is 0.667. The van der Waals surface area contributed by atoms with Gasteiger partial charge >= 0.3 is 0 Å². The summed E-state index contributed by atoms with van der Waals surface area (Å²) < 4.78 is 0. The van der Waals surface area contributed by atoms with Gasteiger partial charge in [0.05, 0.1) is 0 Å². The lowest BCUT2D eigenvalue weighted by Crippen LogP contribution is -2.23. The lowest BCUT2D eigenvalue weighted by Gasteiger charge is -1.99. The van der Waals surface area contributed by atoms with Gasteiger partial charge in [-0.1, -0.05) is 17.7 Å². The predicted octanol–water partition coefficient (Wildman–Crippen LogP) is 2.04. The molecule has 0 radical (unpaired) electrons. The summed E-state index contributed by atoms with van der Waals surface area (Å²) in [6.07, 6.45) is 3.77. The summed E-state index contributed by atoms with van der Waals surface area (Å²) in [5.41, 5.74) is 1.94. The van der Waals surface area contributed by atoms with Gasteiger partial charge in [-0.25, -0.2) is 0 Å². The number of amides is 1. The van der Waals surface area contributed by atoms with Gasteiger partial charge in [0.1, 0.15) is 0 Å². The second-order valence-corrected chi connectivity index (χ2v) is 2.95. The summed E-state index contributed by atoms with van der Waals surface area (Å²) in [6.45, 7) is 8.40. The van der Waals surface area contributed by atoms with Crippen molar-refractivity contribution in [2.45, 2.75) is 27.7 Å². The summed E-state index contributed by atoms with van der Waals surface area (Å²) >= 11 is 0. The average molecular weight is 167 g/mol. The second-order valence-electron chi connectivity index (χ2n) is 2.95. The molecule has 0 bridgehead atoms. The number of allylic oxidation sites excluding steroid dienone is 3. The van der Waals surface area contributed by atoms with Crippen LogP contribution in [0.3, 0.4) is 0 Å². The van der Waals surface area contributed by atoms with Gasteiger partial charge in [-0.3, -0.25) is 4.79 Å². The van der Waals surface area contributed by atoms with Gasteiger partial charge in [-0.2, -0.15) is 0 Å². The number of carbonyl (C=O) groups excluding carboxylic acids is 1. The quantitative estimate of drug-likeness (QED) is 0.506. The largest absolute Gasteiger partial charge is 0.353 e. The van der Waals surface area contributed by atoms with Crippen LogP contribution in [0.25, 0.3) is 0 Å². The highest BCUT2D eigenvalue weighted by atomic mass is 16.1. The van der Waals surface area contributed by atoms with Gasteiger partial charge in [0, 0.05) is 12.1 Å². The first-order valence-corrected chi connectivity index (χ1v) is 4.18. The van der Waals surface area contributed by atoms with Gasteiger partial charge in [0.25, 0.3) is 0 Å². The third-order valence-electron chi connectivity index (χ3n) is 1.36. The second kappa shape index (κ2) is 5.58. The topological polar surface area (TPSA) is 29.1 Å². The summed E-state index contributed by atoms with van der Waals surface area (Å²) in [5, 5.41) is 2.73. The van der Waals surface area contributed by atoms with Crippen molar-refractivity contribution < 1.29 is 4.79 Å². The first-order valence-electron chi connectivity index (χ1n) is 4.18. The molecule has 0 aromatic carbocycles. The number of hydrogen-bond donors (Lipinski definition) is 1. The number of nitrogens with one attached hydrogen (secondary N) is 1. The molecule has 0 aliphatic heterocycles. The molecule has 0 atom stereocenters. The van der Waals surface area contributed by atoms with Crippen molar-refractivity contribution in [3.8, 4) is 0 Å². The maximum atomic E-state index is 11.1. The maximum absolute atomic E-state index is 11.1. The Balaban J connectivity index is 4.18. The Bertz CT molecular complexity index is 210. The predicted molar refractivity (Wildman–Crippen MR) is 51.9 cm³/mol. The molecule has 1 N–H and O–H groups in total. The van der Waals surface area contributed by atoms with Crippen LogP contribution in [0.2, 0.25) is 0 Å². The lowest BCUT2D eigenvalue weighted by atomic mass is 10.2. The van der Waals surface area contributed by atoms with Gasteiger partial charge in [0.2, 0.25) is 5.91 Å². The lowest BCUT2D eigenvalue weighted by molar-refractivity contribution is -0.117. The molecule has 0 rings (SSSR count). The molecule has 0 aliphatic carbocycles. The summed E-state index contributed by atoms with van der Waals surface area (Å²) in [6, 6.07) is 0. The van der Waals surface area contributed by atoms with Crippen molar-refractivity contribution in [2.75, 3.05) is 6.54 Å². The third-order valence-corrected chi connectivity index (χ3v) is 1.36. The van der Waals surface area contributed by atoms with Gasteiger partial charge in [0.15, 0.2) is 0 Å². The van der Waals surface area contributed by atoms with Crippen LogP contribution >= 0.6 is 0 Å². The average Bonchev–Trinajstić information content (AvgIpc) is 2.00. The van der Waals surface area contributed by atoms with Crippen LogP contribution in [0.5, 0.6) is 0 Å². The molecule has 0 aliphatic rings. The Morgan fingerprint density at radius 2 is 1.83 bits per heavy atom. The van der Waals surface area contributed by atoms with E-state index in [1.54, 1.807) is 0 Å². The third kappa shape index (κ3) is 4.72. The molecule has 0 aromatic heterocycles. The molecule has 0 fully saturated rings. The molecule has 0 unspecified atom stereocenters. The van der Waals surface area contributed by atoms with E-state index in [4.69, 9.17) is 0 Å². The van der Waals surface area contributed by atoms with Crippen molar-refractivity contribution in [1.82, 2.24) is 5.32 Å². The van der Waals surface area contributed by atoms with Gasteiger partial charge in [-0.15, -0.1) is 0 Å². The number of likely N-dealkylation sites (N-methyl/N-ethyl adjacent to an activating group) is 1. The van der Waals surface area contributed by atoms with Crippen LogP contribution in [-0.2, 0) is 4.79 Å². The van der Waals surface area contributed by atoms with Crippen LogP contribution in [0.4, 0.5) is 0 Å². The first kappa shape index (κ1) is 11.0. The van der Waals surface area contributed by atoms with Gasteiger partial charge < -0.3 is 5.32 Å². The van der Waals surface area contributed by atoms with Crippen LogP contribution in [0, 0.1) is 0 Å². The monoisotopic (exact) mass is 167 g/mol. The fraction of sp³-hybridized carbons (Fsp3) is 0.500. The minimum atomic E-state index is 0.00926. The molecular formula is C10H17NO. The minimum absolute atomic E-state index is 0.00926. The molecule has 0 aromatic rings. The van der Waals surface area contributed by atoms with Crippen molar-refractivity contribution in [3.63, 3.8) is 0 Å². The molecule has 2 nitrogen and oxygen atoms in total. The Morgan fingerprint density at radius 3 is 2.25 bits per heavy atom. The van der Waals surface area contributed by atoms with E-state index in [9.17, 15) is 4.79 Å². The molecular weight excluding hydrogens is 150 g/mol. The maximum Gasteiger partial charge on any atom is 0.246 e. The number of carbonyl (C=O) groups is 1. The van der Waals surface area contributed by atoms with Crippen molar-refractivity contribution in [3.05, 3.63) is 23.3 Å². The molecule has 2 heteroatoms. The normalized spacial score (nSPS) is 10.8. The Morgan fingerprint density at radius 1 is 1.25 bits per heavy atom. The molecule has 0 saturated carbocycles. The Kier molecular flexibility index (Phi) is 5.09. The van der Waals surface area contributed by atoms with Gasteiger partial charge in [-0.05, 0) is 27.7 Å². The smallest absolute Gasteiger partial charge is 0.246 e. The van der Waals surface area contributed by atoms with Crippen molar-refractivity contribution in [2.24, 2.45) is 0 Å². The number of rotatable bonds is 3. The Labute approximate surface area is 74.4 Å². The molecule has 1 amide bonds. The Hall–Kier alpha value is -1.05. The summed E-state index contributed by atoms with van der Waals surface area (Å²) in [4.78, 5) is 11.1. The number of hydrogen-bond acceptors (Lipinski definition) is 1. The molecule has 0 saturated heterocycles. The SMILES string of the molecule is CCNC(=O)C(C)=CC=C(C)C. The molecule has 68 valence electrons. The van der Waals surface area contributed by atoms with E-state index >= 15 is 0 Å². The summed E-state index contributed by atoms with van der Waals surface area (Å²) in [5.74, 6) is 0.00926. The zero-order valence-electron chi connectivity index (χ0n) is 8.27. The molecule has 12 heavy (non-hydrogen) atoms. The molecule has 0 spiro atoms. The van der Waals surface area contributed by atoms with E-state index in [2.05, 4.69) is 5.32 Å². The summed E-state index contributed by atoms with van der Waals surface area (Å²) in [7, 11) is 0. The van der Waals surface area contributed by atoms with E-state index in [1.807, 2.05) is 39.8 Å². The molecule has 0 heterocycles. The first-order chi connectivity index (χ1) is 5.57. The van der Waals surface area contributed by atoms with Crippen LogP contribution in [0.1, 0.15) is 27.7 Å².